The minimum atomic E-state index is -0.346. The number of rotatable bonds is 2. The predicted octanol–water partition coefficient (Wildman–Crippen LogP) is 2.03. The number of thiophene rings is 1. The van der Waals surface area contributed by atoms with Crippen molar-refractivity contribution >= 4 is 22.8 Å². The number of amides is 1. The quantitative estimate of drug-likeness (QED) is 0.697. The molecule has 0 spiro atoms. The molecule has 0 aliphatic carbocycles. The maximum Gasteiger partial charge on any atom is 0.244 e. The number of carbonyl (C=O) groups is 1. The average molecular weight is 181 g/mol. The minimum absolute atomic E-state index is 0.346. The first-order valence-corrected chi connectivity index (χ1v) is 4.52. The largest absolute Gasteiger partial charge is 0.366 e. The van der Waals surface area contributed by atoms with E-state index in [1.165, 1.54) is 0 Å². The van der Waals surface area contributed by atoms with Crippen LogP contribution in [0.1, 0.15) is 18.7 Å². The van der Waals surface area contributed by atoms with Crippen molar-refractivity contribution in [3.63, 3.8) is 0 Å². The lowest BCUT2D eigenvalue weighted by Gasteiger charge is -2.00. The molecule has 1 aromatic rings. The van der Waals surface area contributed by atoms with E-state index in [1.807, 2.05) is 24.4 Å². The van der Waals surface area contributed by atoms with Gasteiger partial charge < -0.3 is 5.73 Å². The summed E-state index contributed by atoms with van der Waals surface area (Å²) in [7, 11) is 0. The second kappa shape index (κ2) is 3.54. The summed E-state index contributed by atoms with van der Waals surface area (Å²) in [6, 6.07) is 3.93. The molecule has 1 amide bonds. The van der Waals surface area contributed by atoms with Crippen molar-refractivity contribution in [1.29, 1.82) is 0 Å². The van der Waals surface area contributed by atoms with Crippen molar-refractivity contribution in [1.82, 2.24) is 0 Å². The fourth-order valence-corrected chi connectivity index (χ4v) is 1.65. The Morgan fingerprint density at radius 2 is 2.17 bits per heavy atom. The van der Waals surface area contributed by atoms with E-state index in [-0.39, 0.29) is 5.91 Å². The highest BCUT2D eigenvalue weighted by Gasteiger charge is 2.05. The number of primary amides is 1. The zero-order valence-electron chi connectivity index (χ0n) is 7.13. The van der Waals surface area contributed by atoms with E-state index in [9.17, 15) is 4.79 Å². The zero-order valence-corrected chi connectivity index (χ0v) is 7.94. The summed E-state index contributed by atoms with van der Waals surface area (Å²) >= 11 is 1.61. The van der Waals surface area contributed by atoms with Gasteiger partial charge in [-0.05, 0) is 30.9 Å². The molecule has 0 bridgehead atoms. The standard InChI is InChI=1S/C9H11NOS/c1-6(7(2)9(10)11)8-4-3-5-12-8/h3-5H,1-2H3,(H2,10,11)/b7-6-. The molecule has 64 valence electrons. The maximum atomic E-state index is 10.8. The van der Waals surface area contributed by atoms with Crippen molar-refractivity contribution in [3.8, 4) is 0 Å². The molecule has 0 saturated heterocycles. The highest BCUT2D eigenvalue weighted by Crippen LogP contribution is 2.22. The van der Waals surface area contributed by atoms with Crippen LogP contribution < -0.4 is 5.73 Å². The molecule has 0 aliphatic rings. The van der Waals surface area contributed by atoms with Gasteiger partial charge in [-0.2, -0.15) is 0 Å². The van der Waals surface area contributed by atoms with Crippen LogP contribution in [-0.4, -0.2) is 5.91 Å². The van der Waals surface area contributed by atoms with Crippen LogP contribution in [0.4, 0.5) is 0 Å². The second-order valence-corrected chi connectivity index (χ2v) is 3.54. The van der Waals surface area contributed by atoms with Gasteiger partial charge in [-0.15, -0.1) is 11.3 Å². The first kappa shape index (κ1) is 9.00. The fraction of sp³-hybridized carbons (Fsp3) is 0.222. The van der Waals surface area contributed by atoms with Gasteiger partial charge >= 0.3 is 0 Å². The summed E-state index contributed by atoms with van der Waals surface area (Å²) in [6.07, 6.45) is 0. The van der Waals surface area contributed by atoms with E-state index in [0.717, 1.165) is 10.5 Å². The van der Waals surface area contributed by atoms with Crippen molar-refractivity contribution in [2.24, 2.45) is 5.73 Å². The van der Waals surface area contributed by atoms with E-state index in [4.69, 9.17) is 5.73 Å². The number of allylic oxidation sites excluding steroid dienone is 1. The van der Waals surface area contributed by atoms with Crippen molar-refractivity contribution in [3.05, 3.63) is 28.0 Å². The summed E-state index contributed by atoms with van der Waals surface area (Å²) in [5, 5.41) is 1.98. The molecule has 0 aromatic carbocycles. The van der Waals surface area contributed by atoms with Crippen LogP contribution >= 0.6 is 11.3 Å². The summed E-state index contributed by atoms with van der Waals surface area (Å²) in [5.74, 6) is -0.346. The highest BCUT2D eigenvalue weighted by molar-refractivity contribution is 7.11. The number of hydrogen-bond donors (Lipinski definition) is 1. The fourth-order valence-electron chi connectivity index (χ4n) is 0.862. The Kier molecular flexibility index (Phi) is 2.65. The third kappa shape index (κ3) is 1.74. The number of carbonyl (C=O) groups excluding carboxylic acids is 1. The Bertz CT molecular complexity index is 311. The molecular weight excluding hydrogens is 170 g/mol. The molecular formula is C9H11NOS. The Hall–Kier alpha value is -1.09. The second-order valence-electron chi connectivity index (χ2n) is 2.59. The van der Waals surface area contributed by atoms with Gasteiger partial charge in [0.1, 0.15) is 0 Å². The highest BCUT2D eigenvalue weighted by atomic mass is 32.1. The summed E-state index contributed by atoms with van der Waals surface area (Å²) < 4.78 is 0. The minimum Gasteiger partial charge on any atom is -0.366 e. The van der Waals surface area contributed by atoms with Crippen molar-refractivity contribution in [2.75, 3.05) is 0 Å². The van der Waals surface area contributed by atoms with Gasteiger partial charge in [0.05, 0.1) is 0 Å². The van der Waals surface area contributed by atoms with Crippen molar-refractivity contribution < 1.29 is 4.79 Å². The van der Waals surface area contributed by atoms with E-state index in [0.29, 0.717) is 5.57 Å². The molecule has 1 heterocycles. The van der Waals surface area contributed by atoms with E-state index >= 15 is 0 Å². The van der Waals surface area contributed by atoms with Gasteiger partial charge in [-0.1, -0.05) is 6.07 Å². The molecule has 1 rings (SSSR count). The predicted molar refractivity (Wildman–Crippen MR) is 51.8 cm³/mol. The molecule has 12 heavy (non-hydrogen) atoms. The van der Waals surface area contributed by atoms with Gasteiger partial charge in [0.15, 0.2) is 0 Å². The smallest absolute Gasteiger partial charge is 0.244 e. The number of hydrogen-bond acceptors (Lipinski definition) is 2. The van der Waals surface area contributed by atoms with Crippen molar-refractivity contribution in [2.45, 2.75) is 13.8 Å². The summed E-state index contributed by atoms with van der Waals surface area (Å²) in [4.78, 5) is 11.9. The lowest BCUT2D eigenvalue weighted by atomic mass is 10.1. The molecule has 0 atom stereocenters. The van der Waals surface area contributed by atoms with Crippen LogP contribution in [0.5, 0.6) is 0 Å². The lowest BCUT2D eigenvalue weighted by molar-refractivity contribution is -0.114. The molecule has 2 N–H and O–H groups in total. The Morgan fingerprint density at radius 1 is 1.50 bits per heavy atom. The molecule has 3 heteroatoms. The normalized spacial score (nSPS) is 12.5. The number of nitrogens with two attached hydrogens (primary N) is 1. The van der Waals surface area contributed by atoms with Crippen LogP contribution in [-0.2, 0) is 4.79 Å². The third-order valence-corrected chi connectivity index (χ3v) is 2.81. The zero-order chi connectivity index (χ0) is 9.14. The van der Waals surface area contributed by atoms with Gasteiger partial charge in [-0.25, -0.2) is 0 Å². The molecule has 1 aromatic heterocycles. The van der Waals surface area contributed by atoms with Crippen LogP contribution in [0.15, 0.2) is 23.1 Å². The SMILES string of the molecule is C/C(C(N)=O)=C(\C)c1cccs1. The van der Waals surface area contributed by atoms with Crippen LogP contribution in [0.2, 0.25) is 0 Å². The summed E-state index contributed by atoms with van der Waals surface area (Å²) in [6.45, 7) is 3.66. The summed E-state index contributed by atoms with van der Waals surface area (Å²) in [5.41, 5.74) is 6.76. The Morgan fingerprint density at radius 3 is 2.58 bits per heavy atom. The topological polar surface area (TPSA) is 43.1 Å². The molecule has 0 aliphatic heterocycles. The van der Waals surface area contributed by atoms with E-state index in [1.54, 1.807) is 18.3 Å². The Balaban J connectivity index is 3.05. The van der Waals surface area contributed by atoms with Crippen LogP contribution in [0.25, 0.3) is 5.57 Å². The van der Waals surface area contributed by atoms with Gasteiger partial charge in [-0.3, -0.25) is 4.79 Å². The average Bonchev–Trinajstić information content (AvgIpc) is 2.53. The third-order valence-electron chi connectivity index (χ3n) is 1.82. The maximum absolute atomic E-state index is 10.8. The van der Waals surface area contributed by atoms with E-state index < -0.39 is 0 Å². The van der Waals surface area contributed by atoms with E-state index in [2.05, 4.69) is 0 Å². The lowest BCUT2D eigenvalue weighted by Crippen LogP contribution is -2.12. The molecule has 0 saturated carbocycles. The Labute approximate surface area is 75.7 Å². The molecule has 0 fully saturated rings. The van der Waals surface area contributed by atoms with Crippen LogP contribution in [0, 0.1) is 0 Å². The molecule has 2 nitrogen and oxygen atoms in total. The van der Waals surface area contributed by atoms with Gasteiger partial charge in [0, 0.05) is 10.5 Å². The van der Waals surface area contributed by atoms with Gasteiger partial charge in [0.2, 0.25) is 5.91 Å². The van der Waals surface area contributed by atoms with Crippen LogP contribution in [0.3, 0.4) is 0 Å². The first-order valence-electron chi connectivity index (χ1n) is 3.64. The molecule has 0 radical (unpaired) electrons. The molecule has 0 unspecified atom stereocenters. The van der Waals surface area contributed by atoms with Gasteiger partial charge in [0.25, 0.3) is 0 Å². The monoisotopic (exact) mass is 181 g/mol. The first-order chi connectivity index (χ1) is 5.63.